The van der Waals surface area contributed by atoms with Crippen molar-refractivity contribution in [2.75, 3.05) is 0 Å². The van der Waals surface area contributed by atoms with Gasteiger partial charge in [-0.1, -0.05) is 13.0 Å². The van der Waals surface area contributed by atoms with Crippen molar-refractivity contribution in [3.8, 4) is 11.8 Å². The topological polar surface area (TPSA) is 70.3 Å². The van der Waals surface area contributed by atoms with Gasteiger partial charge in [-0.3, -0.25) is 0 Å². The Morgan fingerprint density at radius 3 is 2.50 bits per heavy atom. The van der Waals surface area contributed by atoms with E-state index >= 15 is 0 Å². The number of nitriles is 1. The molecule has 0 aliphatic carbocycles. The van der Waals surface area contributed by atoms with Crippen molar-refractivity contribution in [2.45, 2.75) is 19.7 Å². The molecule has 0 heterocycles. The van der Waals surface area contributed by atoms with E-state index in [9.17, 15) is 18.0 Å². The third-order valence-electron chi connectivity index (χ3n) is 2.18. The van der Waals surface area contributed by atoms with Crippen LogP contribution in [0.2, 0.25) is 0 Å². The molecule has 18 heavy (non-hydrogen) atoms. The van der Waals surface area contributed by atoms with Crippen molar-refractivity contribution in [1.82, 2.24) is 0 Å². The number of carboxylic acid groups (broad SMARTS) is 1. The Balaban J connectivity index is 3.48. The lowest BCUT2D eigenvalue weighted by atomic mass is 10.0. The number of benzene rings is 1. The van der Waals surface area contributed by atoms with Crippen LogP contribution in [0.5, 0.6) is 5.75 Å². The lowest BCUT2D eigenvalue weighted by Gasteiger charge is -2.15. The standard InChI is InChI=1S/C11H8F3NO3/c1-2-6-3-4-7(10(16)17)8(5-15)9(6)18-11(12,13)14/h3-4H,2H2,1H3,(H,16,17). The van der Waals surface area contributed by atoms with Crippen molar-refractivity contribution in [2.24, 2.45) is 0 Å². The predicted octanol–water partition coefficient (Wildman–Crippen LogP) is 2.72. The molecule has 0 saturated carbocycles. The summed E-state index contributed by atoms with van der Waals surface area (Å²) in [6, 6.07) is 3.72. The number of hydrogen-bond donors (Lipinski definition) is 1. The molecule has 0 bridgehead atoms. The number of aryl methyl sites for hydroxylation is 1. The van der Waals surface area contributed by atoms with Gasteiger partial charge < -0.3 is 9.84 Å². The Hall–Kier alpha value is -2.23. The zero-order valence-corrected chi connectivity index (χ0v) is 9.21. The highest BCUT2D eigenvalue weighted by molar-refractivity contribution is 5.92. The van der Waals surface area contributed by atoms with Gasteiger partial charge in [-0.15, -0.1) is 13.2 Å². The van der Waals surface area contributed by atoms with Crippen LogP contribution in [0.1, 0.15) is 28.4 Å². The first-order chi connectivity index (χ1) is 8.30. The second kappa shape index (κ2) is 4.96. The maximum Gasteiger partial charge on any atom is 0.573 e. The van der Waals surface area contributed by atoms with Gasteiger partial charge in [0.2, 0.25) is 0 Å². The highest BCUT2D eigenvalue weighted by Crippen LogP contribution is 2.32. The highest BCUT2D eigenvalue weighted by Gasteiger charge is 2.34. The molecular formula is C11H8F3NO3. The number of nitrogens with zero attached hydrogens (tertiary/aromatic N) is 1. The van der Waals surface area contributed by atoms with Crippen LogP contribution in [0.4, 0.5) is 13.2 Å². The molecule has 0 radical (unpaired) electrons. The minimum atomic E-state index is -4.98. The highest BCUT2D eigenvalue weighted by atomic mass is 19.4. The maximum absolute atomic E-state index is 12.2. The number of halogens is 3. The molecule has 1 N–H and O–H groups in total. The van der Waals surface area contributed by atoms with Gasteiger partial charge in [0.1, 0.15) is 11.6 Å². The van der Waals surface area contributed by atoms with Gasteiger partial charge in [-0.2, -0.15) is 5.26 Å². The first kappa shape index (κ1) is 13.8. The summed E-state index contributed by atoms with van der Waals surface area (Å²) in [5, 5.41) is 17.6. The molecule has 0 amide bonds. The number of carboxylic acids is 1. The number of rotatable bonds is 3. The van der Waals surface area contributed by atoms with Gasteiger partial charge in [0.05, 0.1) is 5.56 Å². The van der Waals surface area contributed by atoms with Gasteiger partial charge in [-0.05, 0) is 18.1 Å². The average Bonchev–Trinajstić information content (AvgIpc) is 2.26. The molecule has 1 aromatic rings. The molecule has 96 valence electrons. The normalized spacial score (nSPS) is 10.8. The van der Waals surface area contributed by atoms with E-state index in [0.717, 1.165) is 6.07 Å². The molecule has 0 fully saturated rings. The molecule has 0 aliphatic heterocycles. The largest absolute Gasteiger partial charge is 0.573 e. The third-order valence-corrected chi connectivity index (χ3v) is 2.18. The Morgan fingerprint density at radius 1 is 1.50 bits per heavy atom. The van der Waals surface area contributed by atoms with Crippen molar-refractivity contribution in [3.05, 3.63) is 28.8 Å². The zero-order chi connectivity index (χ0) is 13.9. The Bertz CT molecular complexity index is 517. The molecule has 0 aromatic heterocycles. The van der Waals surface area contributed by atoms with Crippen LogP contribution < -0.4 is 4.74 Å². The fraction of sp³-hybridized carbons (Fsp3) is 0.273. The Labute approximate surface area is 100 Å². The number of carbonyl (C=O) groups is 1. The monoisotopic (exact) mass is 259 g/mol. The molecular weight excluding hydrogens is 251 g/mol. The summed E-state index contributed by atoms with van der Waals surface area (Å²) in [6.45, 7) is 1.57. The van der Waals surface area contributed by atoms with E-state index in [2.05, 4.69) is 4.74 Å². The van der Waals surface area contributed by atoms with Crippen LogP contribution in [0.3, 0.4) is 0 Å². The molecule has 0 atom stereocenters. The van der Waals surface area contributed by atoms with E-state index in [1.807, 2.05) is 0 Å². The van der Waals surface area contributed by atoms with E-state index in [-0.39, 0.29) is 12.0 Å². The first-order valence-corrected chi connectivity index (χ1v) is 4.85. The van der Waals surface area contributed by atoms with Crippen LogP contribution in [0.25, 0.3) is 0 Å². The smallest absolute Gasteiger partial charge is 0.478 e. The van der Waals surface area contributed by atoms with Gasteiger partial charge in [0, 0.05) is 0 Å². The van der Waals surface area contributed by atoms with Crippen molar-refractivity contribution >= 4 is 5.97 Å². The van der Waals surface area contributed by atoms with E-state index in [1.54, 1.807) is 6.92 Å². The number of ether oxygens (including phenoxy) is 1. The maximum atomic E-state index is 12.2. The van der Waals surface area contributed by atoms with Gasteiger partial charge in [0.25, 0.3) is 0 Å². The van der Waals surface area contributed by atoms with Crippen molar-refractivity contribution < 1.29 is 27.8 Å². The van der Waals surface area contributed by atoms with Gasteiger partial charge in [-0.25, -0.2) is 4.79 Å². The minimum Gasteiger partial charge on any atom is -0.478 e. The molecule has 0 unspecified atom stereocenters. The molecule has 1 rings (SSSR count). The number of alkyl halides is 3. The molecule has 4 nitrogen and oxygen atoms in total. The summed E-state index contributed by atoms with van der Waals surface area (Å²) in [5.41, 5.74) is -1.03. The average molecular weight is 259 g/mol. The Morgan fingerprint density at radius 2 is 2.11 bits per heavy atom. The van der Waals surface area contributed by atoms with E-state index in [1.165, 1.54) is 12.1 Å². The van der Waals surface area contributed by atoms with Gasteiger partial charge in [0.15, 0.2) is 5.75 Å². The fourth-order valence-corrected chi connectivity index (χ4v) is 1.43. The van der Waals surface area contributed by atoms with Crippen LogP contribution in [0, 0.1) is 11.3 Å². The Kier molecular flexibility index (Phi) is 3.81. The van der Waals surface area contributed by atoms with Crippen LogP contribution in [-0.4, -0.2) is 17.4 Å². The summed E-state index contributed by atoms with van der Waals surface area (Å²) in [7, 11) is 0. The molecule has 1 aromatic carbocycles. The molecule has 0 saturated heterocycles. The predicted molar refractivity (Wildman–Crippen MR) is 54.2 cm³/mol. The second-order valence-corrected chi connectivity index (χ2v) is 3.29. The quantitative estimate of drug-likeness (QED) is 0.905. The van der Waals surface area contributed by atoms with Crippen LogP contribution >= 0.6 is 0 Å². The molecule has 0 spiro atoms. The van der Waals surface area contributed by atoms with Crippen LogP contribution in [-0.2, 0) is 6.42 Å². The summed E-state index contributed by atoms with van der Waals surface area (Å²) in [5.74, 6) is -2.23. The summed E-state index contributed by atoms with van der Waals surface area (Å²) < 4.78 is 40.4. The van der Waals surface area contributed by atoms with E-state index in [4.69, 9.17) is 10.4 Å². The zero-order valence-electron chi connectivity index (χ0n) is 9.21. The summed E-state index contributed by atoms with van der Waals surface area (Å²) >= 11 is 0. The van der Waals surface area contributed by atoms with Crippen LogP contribution in [0.15, 0.2) is 12.1 Å². The third kappa shape index (κ3) is 2.91. The van der Waals surface area contributed by atoms with E-state index in [0.29, 0.717) is 0 Å². The first-order valence-electron chi connectivity index (χ1n) is 4.85. The SMILES string of the molecule is CCc1ccc(C(=O)O)c(C#N)c1OC(F)(F)F. The lowest BCUT2D eigenvalue weighted by molar-refractivity contribution is -0.275. The lowest BCUT2D eigenvalue weighted by Crippen LogP contribution is -2.20. The minimum absolute atomic E-state index is 0.119. The second-order valence-electron chi connectivity index (χ2n) is 3.29. The summed E-state index contributed by atoms with van der Waals surface area (Å²) in [4.78, 5) is 10.8. The van der Waals surface area contributed by atoms with Crippen molar-refractivity contribution in [3.63, 3.8) is 0 Å². The van der Waals surface area contributed by atoms with Crippen molar-refractivity contribution in [1.29, 1.82) is 5.26 Å². The number of hydrogen-bond acceptors (Lipinski definition) is 3. The number of aromatic carboxylic acids is 1. The molecule has 0 aliphatic rings. The fourth-order valence-electron chi connectivity index (χ4n) is 1.43. The molecule has 7 heteroatoms. The van der Waals surface area contributed by atoms with E-state index < -0.39 is 29.2 Å². The van der Waals surface area contributed by atoms with Gasteiger partial charge >= 0.3 is 12.3 Å². The summed E-state index contributed by atoms with van der Waals surface area (Å²) in [6.07, 6.45) is -4.80.